The van der Waals surface area contributed by atoms with Gasteiger partial charge in [0.2, 0.25) is 0 Å². The number of thioether (sulfide) groups is 2. The summed E-state index contributed by atoms with van der Waals surface area (Å²) in [5.74, 6) is 1.50. The predicted molar refractivity (Wildman–Crippen MR) is 116 cm³/mol. The van der Waals surface area contributed by atoms with Crippen LogP contribution in [0, 0.1) is 5.41 Å². The first-order valence-electron chi connectivity index (χ1n) is 9.09. The van der Waals surface area contributed by atoms with Gasteiger partial charge in [0, 0.05) is 24.3 Å². The minimum atomic E-state index is -0.239. The molecule has 1 fully saturated rings. The third-order valence-corrected chi connectivity index (χ3v) is 7.06. The first-order chi connectivity index (χ1) is 12.9. The molecular formula is C23H24O2S2. The molecule has 0 aromatic heterocycles. The molecule has 1 saturated carbocycles. The molecule has 2 aromatic carbocycles. The summed E-state index contributed by atoms with van der Waals surface area (Å²) in [4.78, 5) is 25.6. The maximum atomic E-state index is 12.8. The van der Waals surface area contributed by atoms with E-state index in [1.54, 1.807) is 23.5 Å². The zero-order chi connectivity index (χ0) is 19.3. The number of rotatable bonds is 6. The summed E-state index contributed by atoms with van der Waals surface area (Å²) >= 11 is 3.22. The number of carbonyl (C=O) groups is 2. The maximum Gasteiger partial charge on any atom is 0.168 e. The first-order valence-corrected chi connectivity index (χ1v) is 11.1. The van der Waals surface area contributed by atoms with Crippen LogP contribution in [0.25, 0.3) is 0 Å². The Morgan fingerprint density at radius 1 is 0.778 bits per heavy atom. The molecule has 0 N–H and O–H groups in total. The summed E-state index contributed by atoms with van der Waals surface area (Å²) in [5, 5.41) is 0. The van der Waals surface area contributed by atoms with Gasteiger partial charge in [-0.2, -0.15) is 0 Å². The monoisotopic (exact) mass is 396 g/mol. The second-order valence-electron chi connectivity index (χ2n) is 7.58. The van der Waals surface area contributed by atoms with Crippen LogP contribution in [-0.4, -0.2) is 11.6 Å². The number of hydrogen-bond acceptors (Lipinski definition) is 4. The van der Waals surface area contributed by atoms with Gasteiger partial charge in [0.15, 0.2) is 11.6 Å². The van der Waals surface area contributed by atoms with Gasteiger partial charge in [-0.25, -0.2) is 0 Å². The fourth-order valence-electron chi connectivity index (χ4n) is 3.12. The third kappa shape index (κ3) is 5.60. The van der Waals surface area contributed by atoms with E-state index >= 15 is 0 Å². The second kappa shape index (κ2) is 8.94. The Balaban J connectivity index is 1.84. The smallest absolute Gasteiger partial charge is 0.168 e. The molecule has 0 bridgehead atoms. The average Bonchev–Trinajstić information content (AvgIpc) is 2.63. The van der Waals surface area contributed by atoms with Gasteiger partial charge in [-0.1, -0.05) is 74.5 Å². The van der Waals surface area contributed by atoms with Crippen LogP contribution >= 0.6 is 23.5 Å². The van der Waals surface area contributed by atoms with Crippen LogP contribution in [0.4, 0.5) is 0 Å². The van der Waals surface area contributed by atoms with Crippen LogP contribution in [0.3, 0.4) is 0 Å². The van der Waals surface area contributed by atoms with E-state index in [1.165, 1.54) is 11.1 Å². The van der Waals surface area contributed by atoms with Gasteiger partial charge in [-0.15, -0.1) is 23.5 Å². The normalized spacial score (nSPS) is 16.4. The summed E-state index contributed by atoms with van der Waals surface area (Å²) in [6.07, 6.45) is 0.880. The standard InChI is InChI=1S/C23H24O2S2/c1-23(2)13-19(24)21(20(25)14-23)22(26-15-17-9-5-3-6-10-17)27-16-18-11-7-4-8-12-18/h3-12H,13-16H2,1-2H3. The Bertz CT molecular complexity index is 772. The van der Waals surface area contributed by atoms with Crippen molar-refractivity contribution < 1.29 is 9.59 Å². The third-order valence-electron chi connectivity index (χ3n) is 4.47. The Kier molecular flexibility index (Phi) is 6.61. The molecule has 4 heteroatoms. The summed E-state index contributed by atoms with van der Waals surface area (Å²) in [5.41, 5.74) is 2.57. The van der Waals surface area contributed by atoms with Gasteiger partial charge in [-0.3, -0.25) is 9.59 Å². The molecule has 2 nitrogen and oxygen atoms in total. The number of benzene rings is 2. The molecule has 3 rings (SSSR count). The maximum absolute atomic E-state index is 12.8. The van der Waals surface area contributed by atoms with E-state index in [1.807, 2.05) is 50.2 Å². The van der Waals surface area contributed by atoms with E-state index in [9.17, 15) is 9.59 Å². The van der Waals surface area contributed by atoms with Gasteiger partial charge < -0.3 is 0 Å². The molecule has 1 aliphatic rings. The summed E-state index contributed by atoms with van der Waals surface area (Å²) in [6.45, 7) is 3.99. The van der Waals surface area contributed by atoms with E-state index in [4.69, 9.17) is 0 Å². The zero-order valence-electron chi connectivity index (χ0n) is 15.7. The van der Waals surface area contributed by atoms with Gasteiger partial charge in [0.05, 0.1) is 9.81 Å². The largest absolute Gasteiger partial charge is 0.294 e. The van der Waals surface area contributed by atoms with Crippen molar-refractivity contribution in [2.45, 2.75) is 38.2 Å². The molecule has 0 atom stereocenters. The van der Waals surface area contributed by atoms with E-state index in [0.29, 0.717) is 18.4 Å². The SMILES string of the molecule is CC1(C)CC(=O)C(=C(SCc2ccccc2)SCc2ccccc2)C(=O)C1. The lowest BCUT2D eigenvalue weighted by molar-refractivity contribution is -0.127. The quantitative estimate of drug-likeness (QED) is 0.441. The molecular weight excluding hydrogens is 372 g/mol. The van der Waals surface area contributed by atoms with Crippen LogP contribution in [0.1, 0.15) is 37.8 Å². The molecule has 2 aromatic rings. The van der Waals surface area contributed by atoms with E-state index in [0.717, 1.165) is 15.7 Å². The Hall–Kier alpha value is -1.78. The van der Waals surface area contributed by atoms with Crippen molar-refractivity contribution in [2.75, 3.05) is 0 Å². The first kappa shape index (κ1) is 20.0. The van der Waals surface area contributed by atoms with Crippen molar-refractivity contribution in [1.82, 2.24) is 0 Å². The molecule has 0 aliphatic heterocycles. The molecule has 0 unspecified atom stereocenters. The van der Waals surface area contributed by atoms with Gasteiger partial charge in [0.1, 0.15) is 0 Å². The van der Waals surface area contributed by atoms with E-state index in [2.05, 4.69) is 24.3 Å². The molecule has 0 spiro atoms. The highest BCUT2D eigenvalue weighted by Crippen LogP contribution is 2.42. The average molecular weight is 397 g/mol. The van der Waals surface area contributed by atoms with Crippen molar-refractivity contribution in [3.05, 3.63) is 81.6 Å². The fourth-order valence-corrected chi connectivity index (χ4v) is 5.54. The molecule has 0 amide bonds. The van der Waals surface area contributed by atoms with E-state index in [-0.39, 0.29) is 17.0 Å². The molecule has 140 valence electrons. The molecule has 0 radical (unpaired) electrons. The highest BCUT2D eigenvalue weighted by molar-refractivity contribution is 8.21. The summed E-state index contributed by atoms with van der Waals surface area (Å²) in [6, 6.07) is 20.3. The number of ketones is 2. The topological polar surface area (TPSA) is 34.1 Å². The van der Waals surface area contributed by atoms with Crippen molar-refractivity contribution in [3.63, 3.8) is 0 Å². The molecule has 1 aliphatic carbocycles. The lowest BCUT2D eigenvalue weighted by Crippen LogP contribution is -2.32. The summed E-state index contributed by atoms with van der Waals surface area (Å²) in [7, 11) is 0. The molecule has 0 heterocycles. The zero-order valence-corrected chi connectivity index (χ0v) is 17.4. The van der Waals surface area contributed by atoms with Crippen LogP contribution in [0.2, 0.25) is 0 Å². The van der Waals surface area contributed by atoms with Crippen LogP contribution in [0.5, 0.6) is 0 Å². The molecule has 27 heavy (non-hydrogen) atoms. The van der Waals surface area contributed by atoms with Gasteiger partial charge in [-0.05, 0) is 16.5 Å². The lowest BCUT2D eigenvalue weighted by Gasteiger charge is -2.29. The highest BCUT2D eigenvalue weighted by Gasteiger charge is 2.37. The van der Waals surface area contributed by atoms with Crippen LogP contribution in [0.15, 0.2) is 70.5 Å². The Morgan fingerprint density at radius 3 is 1.59 bits per heavy atom. The number of hydrogen-bond donors (Lipinski definition) is 0. The van der Waals surface area contributed by atoms with Crippen LogP contribution < -0.4 is 0 Å². The van der Waals surface area contributed by atoms with Crippen molar-refractivity contribution >= 4 is 35.1 Å². The lowest BCUT2D eigenvalue weighted by atomic mass is 9.74. The molecule has 0 saturated heterocycles. The number of Topliss-reactive ketones (excluding diaryl/α,β-unsaturated/α-hetero) is 2. The highest BCUT2D eigenvalue weighted by atomic mass is 32.2. The van der Waals surface area contributed by atoms with Crippen molar-refractivity contribution in [3.8, 4) is 0 Å². The van der Waals surface area contributed by atoms with Crippen molar-refractivity contribution in [2.24, 2.45) is 5.41 Å². The van der Waals surface area contributed by atoms with Gasteiger partial charge in [0.25, 0.3) is 0 Å². The summed E-state index contributed by atoms with van der Waals surface area (Å²) < 4.78 is 0.869. The van der Waals surface area contributed by atoms with Gasteiger partial charge >= 0.3 is 0 Å². The van der Waals surface area contributed by atoms with E-state index < -0.39 is 0 Å². The Labute approximate surface area is 169 Å². The van der Waals surface area contributed by atoms with Crippen molar-refractivity contribution in [1.29, 1.82) is 0 Å². The Morgan fingerprint density at radius 2 is 1.19 bits per heavy atom. The minimum absolute atomic E-state index is 0.00706. The fraction of sp³-hybridized carbons (Fsp3) is 0.304. The number of allylic oxidation sites excluding steroid dienone is 1. The van der Waals surface area contributed by atoms with Crippen LogP contribution in [-0.2, 0) is 21.1 Å². The second-order valence-corrected chi connectivity index (χ2v) is 9.80. The minimum Gasteiger partial charge on any atom is -0.294 e. The predicted octanol–water partition coefficient (Wildman–Crippen LogP) is 6.02. The number of carbonyl (C=O) groups excluding carboxylic acids is 2.